The maximum atomic E-state index is 12.3. The number of nitriles is 1. The van der Waals surface area contributed by atoms with Gasteiger partial charge in [-0.25, -0.2) is 0 Å². The molecule has 0 saturated heterocycles. The third-order valence-electron chi connectivity index (χ3n) is 3.57. The second kappa shape index (κ2) is 5.03. The summed E-state index contributed by atoms with van der Waals surface area (Å²) < 4.78 is 0. The summed E-state index contributed by atoms with van der Waals surface area (Å²) >= 11 is 12.2. The molecule has 1 aliphatic rings. The van der Waals surface area contributed by atoms with Crippen LogP contribution in [0.3, 0.4) is 0 Å². The molecule has 0 aliphatic heterocycles. The molecule has 0 atom stereocenters. The van der Waals surface area contributed by atoms with Crippen molar-refractivity contribution in [2.45, 2.75) is 26.7 Å². The molecule has 5 heteroatoms. The molecule has 19 heavy (non-hydrogen) atoms. The Balaban J connectivity index is 2.26. The minimum atomic E-state index is -0.935. The lowest BCUT2D eigenvalue weighted by Gasteiger charge is -2.39. The van der Waals surface area contributed by atoms with E-state index >= 15 is 0 Å². The van der Waals surface area contributed by atoms with E-state index in [0.717, 1.165) is 5.56 Å². The largest absolute Gasteiger partial charge is 0.322 e. The number of nitrogens with one attached hydrogen (secondary N) is 1. The van der Waals surface area contributed by atoms with Gasteiger partial charge < -0.3 is 5.32 Å². The second-order valence-electron chi connectivity index (χ2n) is 5.21. The van der Waals surface area contributed by atoms with Gasteiger partial charge in [0.05, 0.1) is 21.8 Å². The third-order valence-corrected chi connectivity index (χ3v) is 4.37. The molecular formula is C14H14Cl2N2O. The van der Waals surface area contributed by atoms with Crippen molar-refractivity contribution < 1.29 is 4.79 Å². The molecule has 0 radical (unpaired) electrons. The summed E-state index contributed by atoms with van der Waals surface area (Å²) in [6, 6.07) is 5.59. The summed E-state index contributed by atoms with van der Waals surface area (Å²) in [5.74, 6) is 0.0800. The molecule has 0 heterocycles. The summed E-state index contributed by atoms with van der Waals surface area (Å²) in [7, 11) is 0. The molecular weight excluding hydrogens is 283 g/mol. The Labute approximate surface area is 122 Å². The first-order valence-corrected chi connectivity index (χ1v) is 6.82. The van der Waals surface area contributed by atoms with Crippen LogP contribution in [0.15, 0.2) is 12.1 Å². The van der Waals surface area contributed by atoms with Crippen LogP contribution in [0.2, 0.25) is 10.0 Å². The maximum Gasteiger partial charge on any atom is 0.244 e. The van der Waals surface area contributed by atoms with E-state index in [4.69, 9.17) is 23.2 Å². The predicted molar refractivity (Wildman–Crippen MR) is 76.3 cm³/mol. The van der Waals surface area contributed by atoms with E-state index in [2.05, 4.69) is 11.4 Å². The molecule has 1 saturated carbocycles. The lowest BCUT2D eigenvalue weighted by atomic mass is 9.63. The van der Waals surface area contributed by atoms with Gasteiger partial charge in [0.25, 0.3) is 0 Å². The Morgan fingerprint density at radius 2 is 2.11 bits per heavy atom. The fourth-order valence-corrected chi connectivity index (χ4v) is 2.93. The zero-order valence-electron chi connectivity index (χ0n) is 10.8. The average Bonchev–Trinajstić information content (AvgIpc) is 2.35. The number of hydrogen-bond acceptors (Lipinski definition) is 2. The van der Waals surface area contributed by atoms with Crippen molar-refractivity contribution in [1.29, 1.82) is 5.26 Å². The number of hydrogen-bond donors (Lipinski definition) is 1. The maximum absolute atomic E-state index is 12.3. The van der Waals surface area contributed by atoms with E-state index in [1.54, 1.807) is 12.1 Å². The number of rotatable bonds is 2. The highest BCUT2D eigenvalue weighted by molar-refractivity contribution is 6.40. The first-order valence-electron chi connectivity index (χ1n) is 6.07. The summed E-state index contributed by atoms with van der Waals surface area (Å²) in [5.41, 5.74) is 0.285. The summed E-state index contributed by atoms with van der Waals surface area (Å²) in [6.07, 6.45) is 1.16. The third kappa shape index (κ3) is 2.43. The molecule has 2 rings (SSSR count). The summed E-state index contributed by atoms with van der Waals surface area (Å²) in [5, 5.41) is 12.7. The first kappa shape index (κ1) is 14.2. The first-order chi connectivity index (χ1) is 8.89. The van der Waals surface area contributed by atoms with E-state index in [0.29, 0.717) is 34.5 Å². The molecule has 0 bridgehead atoms. The van der Waals surface area contributed by atoms with Crippen molar-refractivity contribution in [3.05, 3.63) is 27.7 Å². The van der Waals surface area contributed by atoms with Crippen LogP contribution in [0.5, 0.6) is 0 Å². The van der Waals surface area contributed by atoms with Crippen LogP contribution in [0.1, 0.15) is 25.3 Å². The van der Waals surface area contributed by atoms with Crippen LogP contribution in [0.25, 0.3) is 0 Å². The van der Waals surface area contributed by atoms with Crippen LogP contribution < -0.4 is 5.32 Å². The lowest BCUT2D eigenvalue weighted by molar-refractivity contribution is -0.128. The Morgan fingerprint density at radius 1 is 1.47 bits per heavy atom. The number of halogens is 2. The number of nitrogens with zero attached hydrogens (tertiary/aromatic N) is 1. The standard InChI is InChI=1S/C14H14Cl2N2O/c1-8-5-14(6-8,7-17)13(19)18-12-10(15)4-3-9(2)11(12)16/h3-4,8H,5-6H2,1-2H3,(H,18,19). The molecule has 1 aromatic rings. The SMILES string of the molecule is Cc1ccc(Cl)c(NC(=O)C2(C#N)CC(C)C2)c1Cl. The van der Waals surface area contributed by atoms with Gasteiger partial charge in [0, 0.05) is 0 Å². The molecule has 100 valence electrons. The Kier molecular flexibility index (Phi) is 3.75. The molecule has 3 nitrogen and oxygen atoms in total. The molecule has 1 aromatic carbocycles. The minimum Gasteiger partial charge on any atom is -0.322 e. The van der Waals surface area contributed by atoms with Crippen molar-refractivity contribution in [3.63, 3.8) is 0 Å². The van der Waals surface area contributed by atoms with Crippen molar-refractivity contribution in [2.24, 2.45) is 11.3 Å². The Hall–Kier alpha value is -1.24. The van der Waals surface area contributed by atoms with Gasteiger partial charge in [-0.05, 0) is 37.3 Å². The predicted octanol–water partition coefficient (Wildman–Crippen LogP) is 4.18. The average molecular weight is 297 g/mol. The van der Waals surface area contributed by atoms with E-state index in [1.165, 1.54) is 0 Å². The van der Waals surface area contributed by atoms with Gasteiger partial charge in [0.1, 0.15) is 5.41 Å². The van der Waals surface area contributed by atoms with Gasteiger partial charge >= 0.3 is 0 Å². The summed E-state index contributed by atoms with van der Waals surface area (Å²) in [6.45, 7) is 3.86. The van der Waals surface area contributed by atoms with Crippen molar-refractivity contribution in [2.75, 3.05) is 5.32 Å². The number of amides is 1. The number of carbonyl (C=O) groups is 1. The molecule has 0 aromatic heterocycles. The minimum absolute atomic E-state index is 0.317. The highest BCUT2D eigenvalue weighted by Gasteiger charge is 2.49. The van der Waals surface area contributed by atoms with E-state index in [9.17, 15) is 10.1 Å². The van der Waals surface area contributed by atoms with E-state index in [-0.39, 0.29) is 5.91 Å². The zero-order chi connectivity index (χ0) is 14.2. The van der Waals surface area contributed by atoms with Crippen LogP contribution in [-0.2, 0) is 4.79 Å². The molecule has 1 N–H and O–H groups in total. The lowest BCUT2D eigenvalue weighted by Crippen LogP contribution is -2.45. The highest BCUT2D eigenvalue weighted by Crippen LogP contribution is 2.46. The van der Waals surface area contributed by atoms with Gasteiger partial charge in [-0.15, -0.1) is 0 Å². The van der Waals surface area contributed by atoms with Crippen molar-refractivity contribution in [3.8, 4) is 6.07 Å². The van der Waals surface area contributed by atoms with Gasteiger partial charge in [0.2, 0.25) is 5.91 Å². The fraction of sp³-hybridized carbons (Fsp3) is 0.429. The van der Waals surface area contributed by atoms with Crippen LogP contribution in [0.4, 0.5) is 5.69 Å². The van der Waals surface area contributed by atoms with Gasteiger partial charge in [0.15, 0.2) is 0 Å². The second-order valence-corrected chi connectivity index (χ2v) is 6.00. The van der Waals surface area contributed by atoms with Gasteiger partial charge in [-0.1, -0.05) is 36.2 Å². The van der Waals surface area contributed by atoms with Gasteiger partial charge in [-0.2, -0.15) is 5.26 Å². The normalized spacial score (nSPS) is 25.3. The number of carbonyl (C=O) groups excluding carboxylic acids is 1. The topological polar surface area (TPSA) is 52.9 Å². The molecule has 1 amide bonds. The quantitative estimate of drug-likeness (QED) is 0.890. The summed E-state index contributed by atoms with van der Waals surface area (Å²) in [4.78, 5) is 12.3. The molecule has 1 aliphatic carbocycles. The van der Waals surface area contributed by atoms with Crippen LogP contribution >= 0.6 is 23.2 Å². The van der Waals surface area contributed by atoms with Crippen LogP contribution in [0, 0.1) is 29.6 Å². The number of aryl methyl sites for hydroxylation is 1. The fourth-order valence-electron chi connectivity index (χ4n) is 2.46. The number of anilines is 1. The van der Waals surface area contributed by atoms with Gasteiger partial charge in [-0.3, -0.25) is 4.79 Å². The van der Waals surface area contributed by atoms with E-state index in [1.807, 2.05) is 13.8 Å². The van der Waals surface area contributed by atoms with Crippen molar-refractivity contribution >= 4 is 34.8 Å². The zero-order valence-corrected chi connectivity index (χ0v) is 12.3. The Bertz CT molecular complexity index is 572. The highest BCUT2D eigenvalue weighted by atomic mass is 35.5. The Morgan fingerprint density at radius 3 is 2.63 bits per heavy atom. The van der Waals surface area contributed by atoms with Crippen LogP contribution in [-0.4, -0.2) is 5.91 Å². The molecule has 0 unspecified atom stereocenters. The number of benzene rings is 1. The molecule has 0 spiro atoms. The smallest absolute Gasteiger partial charge is 0.244 e. The molecule has 1 fully saturated rings. The van der Waals surface area contributed by atoms with E-state index < -0.39 is 5.41 Å². The van der Waals surface area contributed by atoms with Crippen molar-refractivity contribution in [1.82, 2.24) is 0 Å². The monoisotopic (exact) mass is 296 g/mol.